The SMILES string of the molecule is [2H]c1c([2H])c([2H])c(-c2nc(-c3cc([N+]#[C-])c(-n4c5ccc(-c6ccccc6)cc5c5c6sc7ccc(-c8ccccc8)cc7c6ccc54)c(-c4ccccc4)c3-n3c4ccc(-c5ccccc5)cc4c4c5sc6ccc(-c7ccccc7)cc6c5ccc43)nc(-c3c([2H])c([2H])c([2H])c([2H])c3[2H])n2)c([2H])c1[2H]. The number of thiophene rings is 2. The fourth-order valence-electron chi connectivity index (χ4n) is 14.1. The number of fused-ring (bicyclic) bond motifs is 14. The van der Waals surface area contributed by atoms with Crippen LogP contribution in [0.25, 0.3) is 190 Å². The molecule has 5 heterocycles. The Hall–Kier alpha value is -12.4. The van der Waals surface area contributed by atoms with E-state index in [1.807, 2.05) is 91.0 Å². The van der Waals surface area contributed by atoms with Crippen LogP contribution in [0.1, 0.15) is 13.7 Å². The monoisotopic (exact) mass is 1270 g/mol. The predicted molar refractivity (Wildman–Crippen MR) is 404 cm³/mol. The van der Waals surface area contributed by atoms with Crippen molar-refractivity contribution in [2.75, 3.05) is 0 Å². The molecule has 0 saturated carbocycles. The Morgan fingerprint density at radius 1 is 0.312 bits per heavy atom. The molecule has 0 radical (unpaired) electrons. The Morgan fingerprint density at radius 3 is 1.09 bits per heavy atom. The first kappa shape index (κ1) is 45.8. The van der Waals surface area contributed by atoms with Crippen molar-refractivity contribution in [2.45, 2.75) is 0 Å². The highest BCUT2D eigenvalue weighted by Crippen LogP contribution is 2.54. The Bertz CT molecular complexity index is 6870. The molecule has 0 aliphatic rings. The maximum atomic E-state index is 9.73. The van der Waals surface area contributed by atoms with Crippen molar-refractivity contribution in [3.05, 3.63) is 327 Å². The maximum Gasteiger partial charge on any atom is 0.212 e. The van der Waals surface area contributed by atoms with Gasteiger partial charge in [0.15, 0.2) is 17.5 Å². The molecular weight excluding hydrogens is 1210 g/mol. The predicted octanol–water partition coefficient (Wildman–Crippen LogP) is 24.7. The van der Waals surface area contributed by atoms with Crippen LogP contribution in [0.3, 0.4) is 0 Å². The summed E-state index contributed by atoms with van der Waals surface area (Å²) in [6.07, 6.45) is 0. The van der Waals surface area contributed by atoms with Gasteiger partial charge in [-0.05, 0) is 117 Å². The molecule has 446 valence electrons. The molecular formula is C88H52N6S2. The van der Waals surface area contributed by atoms with Crippen LogP contribution in [-0.4, -0.2) is 24.1 Å². The highest BCUT2D eigenvalue weighted by Gasteiger charge is 2.31. The summed E-state index contributed by atoms with van der Waals surface area (Å²) in [6.45, 7) is 9.73. The van der Waals surface area contributed by atoms with E-state index in [9.17, 15) is 12.1 Å². The average Bonchev–Trinajstić information content (AvgIpc) is 1.51. The van der Waals surface area contributed by atoms with Gasteiger partial charge in [0.25, 0.3) is 0 Å². The zero-order valence-electron chi connectivity index (χ0n) is 60.7. The summed E-state index contributed by atoms with van der Waals surface area (Å²) >= 11 is 3.42. The van der Waals surface area contributed by atoms with Crippen molar-refractivity contribution >= 4 is 112 Å². The molecule has 96 heavy (non-hydrogen) atoms. The molecule has 14 aromatic carbocycles. The average molecular weight is 1270 g/mol. The lowest BCUT2D eigenvalue weighted by atomic mass is 9.94. The fourth-order valence-corrected chi connectivity index (χ4v) is 16.6. The van der Waals surface area contributed by atoms with E-state index in [2.05, 4.69) is 172 Å². The molecule has 6 nitrogen and oxygen atoms in total. The van der Waals surface area contributed by atoms with Crippen molar-refractivity contribution in [1.29, 1.82) is 0 Å². The third-order valence-corrected chi connectivity index (χ3v) is 20.8. The van der Waals surface area contributed by atoms with Crippen molar-refractivity contribution in [3.63, 3.8) is 0 Å². The zero-order chi connectivity index (χ0) is 72.1. The first-order valence-corrected chi connectivity index (χ1v) is 33.0. The molecule has 0 spiro atoms. The highest BCUT2D eigenvalue weighted by molar-refractivity contribution is 7.27. The lowest BCUT2D eigenvalue weighted by molar-refractivity contribution is 1.06. The van der Waals surface area contributed by atoms with Crippen molar-refractivity contribution in [2.24, 2.45) is 0 Å². The van der Waals surface area contributed by atoms with Crippen LogP contribution >= 0.6 is 22.7 Å². The van der Waals surface area contributed by atoms with Gasteiger partial charge in [-0.25, -0.2) is 19.8 Å². The fraction of sp³-hybridized carbons (Fsp3) is 0. The van der Waals surface area contributed by atoms with Crippen LogP contribution in [0, 0.1) is 6.57 Å². The van der Waals surface area contributed by atoms with Crippen molar-refractivity contribution in [3.8, 4) is 101 Å². The molecule has 0 saturated heterocycles. The van der Waals surface area contributed by atoms with E-state index in [0.717, 1.165) is 128 Å². The summed E-state index contributed by atoms with van der Waals surface area (Å²) in [4.78, 5) is 19.8. The topological polar surface area (TPSA) is 52.9 Å². The Balaban J connectivity index is 1.01. The van der Waals surface area contributed by atoms with Gasteiger partial charge in [-0.2, -0.15) is 0 Å². The van der Waals surface area contributed by atoms with Gasteiger partial charge < -0.3 is 9.13 Å². The molecule has 0 amide bonds. The van der Waals surface area contributed by atoms with Gasteiger partial charge >= 0.3 is 0 Å². The first-order valence-electron chi connectivity index (χ1n) is 36.4. The van der Waals surface area contributed by atoms with E-state index in [4.69, 9.17) is 23.2 Å². The van der Waals surface area contributed by atoms with Crippen LogP contribution in [0.15, 0.2) is 315 Å². The van der Waals surface area contributed by atoms with Crippen LogP contribution in [-0.2, 0) is 0 Å². The van der Waals surface area contributed by atoms with Gasteiger partial charge in [0.05, 0.1) is 53.7 Å². The minimum atomic E-state index is -0.676. The van der Waals surface area contributed by atoms with Crippen LogP contribution < -0.4 is 0 Å². The second-order valence-electron chi connectivity index (χ2n) is 23.7. The van der Waals surface area contributed by atoms with Crippen LogP contribution in [0.4, 0.5) is 5.69 Å². The minimum absolute atomic E-state index is 0.134. The molecule has 0 N–H and O–H groups in total. The van der Waals surface area contributed by atoms with Gasteiger partial charge in [0.2, 0.25) is 5.69 Å². The third kappa shape index (κ3) is 8.94. The van der Waals surface area contributed by atoms with Gasteiger partial charge in [0, 0.05) is 84.1 Å². The number of benzene rings is 14. The van der Waals surface area contributed by atoms with Gasteiger partial charge in [-0.1, -0.05) is 248 Å². The summed E-state index contributed by atoms with van der Waals surface area (Å²) in [5.41, 5.74) is 13.1. The van der Waals surface area contributed by atoms with E-state index in [1.54, 1.807) is 28.7 Å². The molecule has 0 unspecified atom stereocenters. The van der Waals surface area contributed by atoms with Crippen LogP contribution in [0.2, 0.25) is 0 Å². The second kappa shape index (κ2) is 22.4. The number of nitrogens with zero attached hydrogens (tertiary/aromatic N) is 6. The number of rotatable bonds is 10. The molecule has 0 fully saturated rings. The standard InChI is InChI=1S/C88H52N6S2/c1-89-72-53-71(88-91-86(59-33-19-7-20-34-59)90-87(92-88)60-35-21-8-22-36-60)82(93-73-43-37-61(54-23-9-2-10-24-54)51-69(73)80-75(93)45-41-65-67-49-63(56-27-13-4-14-28-56)39-47-77(67)95-84(65)80)79(58-31-17-6-18-32-58)83(72)94-74-44-38-62(55-25-11-3-12-26-55)52-70(74)81-76(94)46-42-66-68-50-64(57-29-15-5-16-30-57)40-48-78(68)96-85(66)81/h2-53H/i7D,8D,19D,20D,21D,22D,33D,34D,35D,36D. The summed E-state index contributed by atoms with van der Waals surface area (Å²) in [5, 5.41) is 8.03. The Morgan fingerprint density at radius 2 is 0.677 bits per heavy atom. The van der Waals surface area contributed by atoms with E-state index in [-0.39, 0.29) is 17.1 Å². The van der Waals surface area contributed by atoms with Crippen LogP contribution in [0.5, 0.6) is 0 Å². The molecule has 0 aliphatic heterocycles. The third-order valence-electron chi connectivity index (χ3n) is 18.4. The Labute approximate surface area is 574 Å². The lowest BCUT2D eigenvalue weighted by Crippen LogP contribution is -2.08. The van der Waals surface area contributed by atoms with Gasteiger partial charge in [-0.3, -0.25) is 0 Å². The molecule has 5 aromatic heterocycles. The second-order valence-corrected chi connectivity index (χ2v) is 25.8. The number of hydrogen-bond acceptors (Lipinski definition) is 5. The van der Waals surface area contributed by atoms with E-state index >= 15 is 0 Å². The minimum Gasteiger partial charge on any atom is -0.318 e. The van der Waals surface area contributed by atoms with Gasteiger partial charge in [0.1, 0.15) is 0 Å². The summed E-state index contributed by atoms with van der Waals surface area (Å²) in [6, 6.07) is 81.0. The van der Waals surface area contributed by atoms with E-state index < -0.39 is 83.2 Å². The Kier molecular flexibility index (Phi) is 10.7. The molecule has 0 aliphatic carbocycles. The molecule has 19 rings (SSSR count). The first-order chi connectivity index (χ1) is 51.7. The largest absolute Gasteiger partial charge is 0.318 e. The highest BCUT2D eigenvalue weighted by atomic mass is 32.1. The summed E-state index contributed by atoms with van der Waals surface area (Å²) < 4.78 is 99.7. The lowest BCUT2D eigenvalue weighted by Gasteiger charge is -2.24. The normalized spacial score (nSPS) is 13.2. The number of hydrogen-bond donors (Lipinski definition) is 0. The van der Waals surface area contributed by atoms with E-state index in [1.165, 1.54) is 0 Å². The van der Waals surface area contributed by atoms with Crippen molar-refractivity contribution in [1.82, 2.24) is 24.1 Å². The number of aromatic nitrogens is 5. The summed E-state index contributed by atoms with van der Waals surface area (Å²) in [7, 11) is 0. The molecule has 19 aromatic rings. The summed E-state index contributed by atoms with van der Waals surface area (Å²) in [5.74, 6) is -1.09. The quantitative estimate of drug-likeness (QED) is 0.128. The van der Waals surface area contributed by atoms with Gasteiger partial charge in [-0.15, -0.1) is 22.7 Å². The smallest absolute Gasteiger partial charge is 0.212 e. The zero-order valence-corrected chi connectivity index (χ0v) is 52.4. The maximum absolute atomic E-state index is 9.73. The molecule has 0 atom stereocenters. The molecule has 8 heteroatoms. The van der Waals surface area contributed by atoms with E-state index in [0.29, 0.717) is 22.5 Å². The van der Waals surface area contributed by atoms with Crippen molar-refractivity contribution < 1.29 is 13.7 Å². The molecule has 0 bridgehead atoms.